The van der Waals surface area contributed by atoms with Crippen molar-refractivity contribution in [3.8, 4) is 0 Å². The molecule has 0 bridgehead atoms. The number of halogens is 3. The molecule has 0 heterocycles. The molecule has 0 spiro atoms. The van der Waals surface area contributed by atoms with Crippen molar-refractivity contribution in [1.82, 2.24) is 5.32 Å². The SMILES string of the molecule is CC1CCCC(CCl)(NC(=O)c2cc(F)ccc2F)C1. The largest absolute Gasteiger partial charge is 0.345 e. The summed E-state index contributed by atoms with van der Waals surface area (Å²) < 4.78 is 26.8. The highest BCUT2D eigenvalue weighted by Crippen LogP contribution is 2.33. The van der Waals surface area contributed by atoms with Gasteiger partial charge in [-0.05, 0) is 37.0 Å². The Morgan fingerprint density at radius 1 is 1.50 bits per heavy atom. The van der Waals surface area contributed by atoms with Crippen LogP contribution in [0.5, 0.6) is 0 Å². The highest BCUT2D eigenvalue weighted by Gasteiger charge is 2.36. The molecular formula is C15H18ClF2NO. The van der Waals surface area contributed by atoms with Gasteiger partial charge < -0.3 is 5.32 Å². The summed E-state index contributed by atoms with van der Waals surface area (Å²) in [6.07, 6.45) is 3.60. The molecule has 1 aromatic carbocycles. The maximum atomic E-state index is 13.6. The average Bonchev–Trinajstić information content (AvgIpc) is 2.41. The van der Waals surface area contributed by atoms with Crippen molar-refractivity contribution < 1.29 is 13.6 Å². The lowest BCUT2D eigenvalue weighted by Gasteiger charge is -2.39. The molecule has 1 saturated carbocycles. The molecular weight excluding hydrogens is 284 g/mol. The van der Waals surface area contributed by atoms with Gasteiger partial charge in [-0.1, -0.05) is 19.8 Å². The molecule has 110 valence electrons. The summed E-state index contributed by atoms with van der Waals surface area (Å²) in [5, 5.41) is 2.82. The van der Waals surface area contributed by atoms with E-state index in [0.717, 1.165) is 43.9 Å². The minimum atomic E-state index is -0.725. The van der Waals surface area contributed by atoms with Crippen LogP contribution < -0.4 is 5.32 Å². The standard InChI is InChI=1S/C15H18ClF2NO/c1-10-3-2-6-15(8-10,9-16)19-14(20)12-7-11(17)4-5-13(12)18/h4-5,7,10H,2-3,6,8-9H2,1H3,(H,19,20). The lowest BCUT2D eigenvalue weighted by molar-refractivity contribution is 0.0862. The van der Waals surface area contributed by atoms with Gasteiger partial charge in [0.05, 0.1) is 11.1 Å². The Kier molecular flexibility index (Phi) is 4.63. The quantitative estimate of drug-likeness (QED) is 0.843. The van der Waals surface area contributed by atoms with Gasteiger partial charge >= 0.3 is 0 Å². The van der Waals surface area contributed by atoms with Gasteiger partial charge in [-0.2, -0.15) is 0 Å². The van der Waals surface area contributed by atoms with E-state index in [9.17, 15) is 13.6 Å². The zero-order valence-electron chi connectivity index (χ0n) is 11.4. The second-order valence-corrected chi connectivity index (χ2v) is 5.96. The van der Waals surface area contributed by atoms with Crippen LogP contribution in [0.3, 0.4) is 0 Å². The van der Waals surface area contributed by atoms with Crippen molar-refractivity contribution in [2.24, 2.45) is 5.92 Å². The number of hydrogen-bond donors (Lipinski definition) is 1. The van der Waals surface area contributed by atoms with Crippen molar-refractivity contribution in [3.05, 3.63) is 35.4 Å². The first-order chi connectivity index (χ1) is 9.46. The smallest absolute Gasteiger partial charge is 0.254 e. The zero-order valence-corrected chi connectivity index (χ0v) is 12.1. The number of benzene rings is 1. The first-order valence-corrected chi connectivity index (χ1v) is 7.33. The van der Waals surface area contributed by atoms with Gasteiger partial charge in [-0.15, -0.1) is 11.6 Å². The van der Waals surface area contributed by atoms with Crippen LogP contribution in [0.15, 0.2) is 18.2 Å². The van der Waals surface area contributed by atoms with Gasteiger partial charge in [0.2, 0.25) is 0 Å². The van der Waals surface area contributed by atoms with E-state index >= 15 is 0 Å². The van der Waals surface area contributed by atoms with Crippen LogP contribution in [0.1, 0.15) is 43.0 Å². The Bertz CT molecular complexity index is 509. The first kappa shape index (κ1) is 15.2. The summed E-state index contributed by atoms with van der Waals surface area (Å²) >= 11 is 6.02. The molecule has 5 heteroatoms. The molecule has 2 unspecified atom stereocenters. The van der Waals surface area contributed by atoms with E-state index in [4.69, 9.17) is 11.6 Å². The third-order valence-electron chi connectivity index (χ3n) is 3.90. The fourth-order valence-electron chi connectivity index (χ4n) is 2.91. The predicted molar refractivity (Wildman–Crippen MR) is 74.9 cm³/mol. The number of hydrogen-bond acceptors (Lipinski definition) is 1. The van der Waals surface area contributed by atoms with E-state index in [1.807, 2.05) is 0 Å². The Hall–Kier alpha value is -1.16. The Morgan fingerprint density at radius 2 is 2.25 bits per heavy atom. The third kappa shape index (κ3) is 3.29. The third-order valence-corrected chi connectivity index (χ3v) is 4.41. The summed E-state index contributed by atoms with van der Waals surface area (Å²) in [6.45, 7) is 2.11. The van der Waals surface area contributed by atoms with Crippen LogP contribution >= 0.6 is 11.6 Å². The highest BCUT2D eigenvalue weighted by atomic mass is 35.5. The molecule has 1 aliphatic rings. The maximum absolute atomic E-state index is 13.6. The van der Waals surface area contributed by atoms with E-state index in [0.29, 0.717) is 5.92 Å². The molecule has 1 aliphatic carbocycles. The van der Waals surface area contributed by atoms with Gasteiger partial charge in [0.1, 0.15) is 11.6 Å². The second-order valence-electron chi connectivity index (χ2n) is 5.69. The Balaban J connectivity index is 2.19. The summed E-state index contributed by atoms with van der Waals surface area (Å²) in [7, 11) is 0. The lowest BCUT2D eigenvalue weighted by Crippen LogP contribution is -2.52. The highest BCUT2D eigenvalue weighted by molar-refractivity contribution is 6.19. The molecule has 20 heavy (non-hydrogen) atoms. The molecule has 0 aliphatic heterocycles. The normalized spacial score (nSPS) is 26.3. The topological polar surface area (TPSA) is 29.1 Å². The van der Waals surface area contributed by atoms with Crippen molar-refractivity contribution in [3.63, 3.8) is 0 Å². The van der Waals surface area contributed by atoms with Crippen LogP contribution in [0.25, 0.3) is 0 Å². The maximum Gasteiger partial charge on any atom is 0.254 e. The molecule has 0 saturated heterocycles. The molecule has 2 rings (SSSR count). The van der Waals surface area contributed by atoms with Crippen LogP contribution in [0.4, 0.5) is 8.78 Å². The van der Waals surface area contributed by atoms with Crippen molar-refractivity contribution >= 4 is 17.5 Å². The van der Waals surface area contributed by atoms with Crippen molar-refractivity contribution in [1.29, 1.82) is 0 Å². The molecule has 2 nitrogen and oxygen atoms in total. The lowest BCUT2D eigenvalue weighted by atomic mass is 9.77. The number of alkyl halides is 1. The summed E-state index contributed by atoms with van der Waals surface area (Å²) in [5.41, 5.74) is -0.789. The van der Waals surface area contributed by atoms with Crippen molar-refractivity contribution in [2.75, 3.05) is 5.88 Å². The van der Waals surface area contributed by atoms with Gasteiger partial charge in [0.25, 0.3) is 5.91 Å². The van der Waals surface area contributed by atoms with E-state index in [2.05, 4.69) is 12.2 Å². The summed E-state index contributed by atoms with van der Waals surface area (Å²) in [4.78, 5) is 12.2. The van der Waals surface area contributed by atoms with E-state index in [1.54, 1.807) is 0 Å². The van der Waals surface area contributed by atoms with Gasteiger partial charge in [0.15, 0.2) is 0 Å². The average molecular weight is 302 g/mol. The molecule has 1 N–H and O–H groups in total. The van der Waals surface area contributed by atoms with E-state index < -0.39 is 23.1 Å². The minimum absolute atomic E-state index is 0.271. The molecule has 0 aromatic heterocycles. The van der Waals surface area contributed by atoms with Gasteiger partial charge in [0, 0.05) is 5.88 Å². The van der Waals surface area contributed by atoms with Crippen LogP contribution in [-0.4, -0.2) is 17.3 Å². The Morgan fingerprint density at radius 3 is 2.90 bits per heavy atom. The number of nitrogens with one attached hydrogen (secondary N) is 1. The van der Waals surface area contributed by atoms with E-state index in [1.165, 1.54) is 0 Å². The fourth-order valence-corrected chi connectivity index (χ4v) is 3.22. The van der Waals surface area contributed by atoms with Crippen molar-refractivity contribution in [2.45, 2.75) is 38.1 Å². The number of amides is 1. The van der Waals surface area contributed by atoms with Gasteiger partial charge in [-0.25, -0.2) is 8.78 Å². The minimum Gasteiger partial charge on any atom is -0.345 e. The molecule has 1 fully saturated rings. The summed E-state index contributed by atoms with van der Waals surface area (Å²) in [5.74, 6) is -1.22. The predicted octanol–water partition coefficient (Wildman–Crippen LogP) is 3.88. The Labute approximate surface area is 122 Å². The first-order valence-electron chi connectivity index (χ1n) is 6.79. The fraction of sp³-hybridized carbons (Fsp3) is 0.533. The van der Waals surface area contributed by atoms with Crippen LogP contribution in [0.2, 0.25) is 0 Å². The number of carbonyl (C=O) groups excluding carboxylic acids is 1. The molecule has 0 radical (unpaired) electrons. The molecule has 2 atom stereocenters. The molecule has 1 amide bonds. The van der Waals surface area contributed by atoms with Crippen LogP contribution in [-0.2, 0) is 0 Å². The number of rotatable bonds is 3. The zero-order chi connectivity index (χ0) is 14.8. The second kappa shape index (κ2) is 6.08. The number of carbonyl (C=O) groups is 1. The van der Waals surface area contributed by atoms with E-state index in [-0.39, 0.29) is 11.4 Å². The van der Waals surface area contributed by atoms with Crippen LogP contribution in [0, 0.1) is 17.6 Å². The van der Waals surface area contributed by atoms with Gasteiger partial charge in [-0.3, -0.25) is 4.79 Å². The summed E-state index contributed by atoms with van der Waals surface area (Å²) in [6, 6.07) is 2.87. The molecule has 1 aromatic rings. The monoisotopic (exact) mass is 301 g/mol.